The number of benzene rings is 1. The van der Waals surface area contributed by atoms with Gasteiger partial charge in [0.25, 0.3) is 0 Å². The van der Waals surface area contributed by atoms with E-state index in [0.29, 0.717) is 0 Å². The monoisotopic (exact) mass is 296 g/mol. The summed E-state index contributed by atoms with van der Waals surface area (Å²) in [6.07, 6.45) is 5.96. The maximum atomic E-state index is 2.31. The zero-order valence-electron chi connectivity index (χ0n) is 12.3. The molecule has 2 heteroatoms. The fourth-order valence-corrected chi connectivity index (χ4v) is 7.06. The van der Waals surface area contributed by atoms with Gasteiger partial charge in [-0.25, -0.2) is 0 Å². The molecule has 0 spiro atoms. The number of hydrogen-bond donors (Lipinski definition) is 0. The van der Waals surface area contributed by atoms with Crippen LogP contribution < -0.4 is 0 Å². The van der Waals surface area contributed by atoms with Crippen molar-refractivity contribution in [3.8, 4) is 0 Å². The zero-order chi connectivity index (χ0) is 13.3. The predicted molar refractivity (Wildman–Crippen MR) is 93.4 cm³/mol. The first-order valence-electron chi connectivity index (χ1n) is 7.70. The van der Waals surface area contributed by atoms with Crippen LogP contribution in [0.1, 0.15) is 38.2 Å². The van der Waals surface area contributed by atoms with Crippen LogP contribution in [0.3, 0.4) is 0 Å². The van der Waals surface area contributed by atoms with Crippen molar-refractivity contribution in [2.75, 3.05) is 28.8 Å². The summed E-state index contributed by atoms with van der Waals surface area (Å²) in [4.78, 5) is 0. The normalized spacial score (nSPS) is 20.3. The molecule has 0 unspecified atom stereocenters. The molecule has 0 saturated carbocycles. The fraction of sp³-hybridized carbons (Fsp3) is 0.647. The molecule has 0 aromatic heterocycles. The van der Waals surface area contributed by atoms with Crippen LogP contribution in [0, 0.1) is 0 Å². The van der Waals surface area contributed by atoms with E-state index in [9.17, 15) is 0 Å². The minimum atomic E-state index is 0.722. The fourth-order valence-electron chi connectivity index (χ4n) is 2.67. The molecule has 2 saturated heterocycles. The number of hydrogen-bond acceptors (Lipinski definition) is 0. The van der Waals surface area contributed by atoms with Crippen molar-refractivity contribution >= 4 is 21.8 Å². The molecule has 0 N–H and O–H groups in total. The molecule has 0 aliphatic carbocycles. The van der Waals surface area contributed by atoms with Gasteiger partial charge in [0.2, 0.25) is 0 Å². The highest BCUT2D eigenvalue weighted by Crippen LogP contribution is 2.18. The first-order valence-corrected chi connectivity index (χ1v) is 11.2. The van der Waals surface area contributed by atoms with Gasteiger partial charge in [0.1, 0.15) is 34.5 Å². The zero-order valence-corrected chi connectivity index (χ0v) is 13.9. The third-order valence-electron chi connectivity index (χ3n) is 3.85. The summed E-state index contributed by atoms with van der Waals surface area (Å²) < 4.78 is 0. The van der Waals surface area contributed by atoms with E-state index < -0.39 is 0 Å². The van der Waals surface area contributed by atoms with Crippen molar-refractivity contribution in [1.29, 1.82) is 0 Å². The van der Waals surface area contributed by atoms with Gasteiger partial charge in [-0.1, -0.05) is 30.3 Å². The van der Waals surface area contributed by atoms with Gasteiger partial charge in [-0.2, -0.15) is 0 Å². The third kappa shape index (κ3) is 5.83. The van der Waals surface area contributed by atoms with Crippen LogP contribution in [0.4, 0.5) is 0 Å². The highest BCUT2D eigenvalue weighted by atomic mass is 32.2. The molecular formula is C17H28S2+2. The highest BCUT2D eigenvalue weighted by molar-refractivity contribution is 7.97. The maximum absolute atomic E-state index is 2.31. The molecule has 1 aromatic carbocycles. The van der Waals surface area contributed by atoms with E-state index in [-0.39, 0.29) is 0 Å². The molecule has 0 bridgehead atoms. The summed E-state index contributed by atoms with van der Waals surface area (Å²) in [6.45, 7) is 2.31. The second-order valence-corrected chi connectivity index (χ2v) is 10.3. The van der Waals surface area contributed by atoms with E-state index in [1.807, 2.05) is 0 Å². The summed E-state index contributed by atoms with van der Waals surface area (Å²) in [5.41, 5.74) is 1.53. The molecule has 2 heterocycles. The highest BCUT2D eigenvalue weighted by Gasteiger charge is 2.23. The van der Waals surface area contributed by atoms with Gasteiger partial charge in [-0.15, -0.1) is 0 Å². The van der Waals surface area contributed by atoms with Crippen LogP contribution in [-0.2, 0) is 27.5 Å². The lowest BCUT2D eigenvalue weighted by atomic mass is 10.2. The topological polar surface area (TPSA) is 0 Å². The smallest absolute Gasteiger partial charge is 0.0622 e. The van der Waals surface area contributed by atoms with E-state index in [0.717, 1.165) is 21.8 Å². The first kappa shape index (κ1) is 15.3. The van der Waals surface area contributed by atoms with Gasteiger partial charge >= 0.3 is 0 Å². The Labute approximate surface area is 125 Å². The molecule has 2 aliphatic rings. The van der Waals surface area contributed by atoms with E-state index in [4.69, 9.17) is 0 Å². The second-order valence-electron chi connectivity index (χ2n) is 5.37. The average Bonchev–Trinajstić information content (AvgIpc) is 3.13. The summed E-state index contributed by atoms with van der Waals surface area (Å²) in [6, 6.07) is 10.9. The lowest BCUT2D eigenvalue weighted by Crippen LogP contribution is -2.06. The lowest BCUT2D eigenvalue weighted by molar-refractivity contribution is 0.949. The average molecular weight is 297 g/mol. The van der Waals surface area contributed by atoms with Crippen molar-refractivity contribution in [1.82, 2.24) is 0 Å². The Bertz CT molecular complexity index is 324. The minimum Gasteiger partial charge on any atom is -0.0622 e. The molecule has 19 heavy (non-hydrogen) atoms. The summed E-state index contributed by atoms with van der Waals surface area (Å²) >= 11 is 0. The Balaban J connectivity index is 0.000000163. The summed E-state index contributed by atoms with van der Waals surface area (Å²) in [5, 5.41) is 0. The van der Waals surface area contributed by atoms with Crippen molar-refractivity contribution < 1.29 is 0 Å². The maximum Gasteiger partial charge on any atom is 0.133 e. The van der Waals surface area contributed by atoms with Crippen LogP contribution in [0.5, 0.6) is 0 Å². The van der Waals surface area contributed by atoms with E-state index >= 15 is 0 Å². The standard InChI is InChI=1S/C11H15S.C6H13S/c1-2-6-11(7-3-1)10-12-8-4-5-9-12;1-2-7-5-3-4-6-7/h1-3,6-7H,4-5,8-10H2;2-6H2,1H3/q2*+1. The Morgan fingerprint density at radius 1 is 0.789 bits per heavy atom. The second kappa shape index (κ2) is 8.97. The summed E-state index contributed by atoms with van der Waals surface area (Å²) in [5.74, 6) is 8.82. The van der Waals surface area contributed by atoms with Crippen LogP contribution in [-0.4, -0.2) is 28.8 Å². The van der Waals surface area contributed by atoms with Crippen LogP contribution >= 0.6 is 0 Å². The molecule has 2 aliphatic heterocycles. The Hall–Kier alpha value is -0.0800. The van der Waals surface area contributed by atoms with Crippen LogP contribution in [0.25, 0.3) is 0 Å². The molecule has 106 valence electrons. The van der Waals surface area contributed by atoms with Gasteiger partial charge in [0.05, 0.1) is 0 Å². The predicted octanol–water partition coefficient (Wildman–Crippen LogP) is 4.02. The van der Waals surface area contributed by atoms with E-state index in [1.165, 1.54) is 65.8 Å². The lowest BCUT2D eigenvalue weighted by Gasteiger charge is -1.99. The molecule has 0 radical (unpaired) electrons. The minimum absolute atomic E-state index is 0.722. The van der Waals surface area contributed by atoms with Crippen LogP contribution in [0.2, 0.25) is 0 Å². The van der Waals surface area contributed by atoms with Crippen molar-refractivity contribution in [2.45, 2.75) is 38.4 Å². The molecule has 2 fully saturated rings. The Morgan fingerprint density at radius 3 is 1.79 bits per heavy atom. The largest absolute Gasteiger partial charge is 0.133 e. The Morgan fingerprint density at radius 2 is 1.32 bits per heavy atom. The van der Waals surface area contributed by atoms with Crippen molar-refractivity contribution in [3.63, 3.8) is 0 Å². The van der Waals surface area contributed by atoms with Gasteiger partial charge in [-0.05, 0) is 54.4 Å². The quantitative estimate of drug-likeness (QED) is 0.739. The number of rotatable bonds is 3. The van der Waals surface area contributed by atoms with Gasteiger partial charge in [0.15, 0.2) is 0 Å². The van der Waals surface area contributed by atoms with Crippen molar-refractivity contribution in [2.24, 2.45) is 0 Å². The van der Waals surface area contributed by atoms with E-state index in [2.05, 4.69) is 37.3 Å². The SMILES string of the molecule is CC[S+]1CCCC1.c1ccc(C[S+]2CCCC2)cc1. The first-order chi connectivity index (χ1) is 9.38. The summed E-state index contributed by atoms with van der Waals surface area (Å²) in [7, 11) is 1.59. The third-order valence-corrected chi connectivity index (χ3v) is 8.88. The van der Waals surface area contributed by atoms with Crippen molar-refractivity contribution in [3.05, 3.63) is 35.9 Å². The molecular weight excluding hydrogens is 268 g/mol. The van der Waals surface area contributed by atoms with Gasteiger partial charge in [-0.3, -0.25) is 0 Å². The van der Waals surface area contributed by atoms with Gasteiger partial charge in [0, 0.05) is 5.56 Å². The molecule has 1 aromatic rings. The molecule has 0 atom stereocenters. The Kier molecular flexibility index (Phi) is 7.23. The van der Waals surface area contributed by atoms with E-state index in [1.54, 1.807) is 0 Å². The molecule has 0 amide bonds. The molecule has 3 rings (SSSR count). The van der Waals surface area contributed by atoms with Crippen LogP contribution in [0.15, 0.2) is 30.3 Å². The molecule has 0 nitrogen and oxygen atoms in total. The van der Waals surface area contributed by atoms with Gasteiger partial charge < -0.3 is 0 Å².